The maximum atomic E-state index is 5.64. The van der Waals surface area contributed by atoms with E-state index >= 15 is 0 Å². The van der Waals surface area contributed by atoms with Gasteiger partial charge in [0.1, 0.15) is 12.4 Å². The van der Waals surface area contributed by atoms with Crippen LogP contribution in [0.15, 0.2) is 28.7 Å². The SMILES string of the molecule is CC(C)(C)c1nnc(NC2COc3ccccc32)o1. The molecule has 0 saturated carbocycles. The third-order valence-corrected chi connectivity index (χ3v) is 3.06. The van der Waals surface area contributed by atoms with Crippen molar-refractivity contribution in [1.29, 1.82) is 0 Å². The number of hydrogen-bond donors (Lipinski definition) is 1. The van der Waals surface area contributed by atoms with Crippen molar-refractivity contribution in [2.75, 3.05) is 11.9 Å². The quantitative estimate of drug-likeness (QED) is 0.898. The fourth-order valence-corrected chi connectivity index (χ4v) is 2.02. The van der Waals surface area contributed by atoms with Crippen molar-refractivity contribution in [2.24, 2.45) is 0 Å². The minimum atomic E-state index is -0.142. The highest BCUT2D eigenvalue weighted by Crippen LogP contribution is 2.34. The van der Waals surface area contributed by atoms with Crippen molar-refractivity contribution in [1.82, 2.24) is 10.2 Å². The Balaban J connectivity index is 1.78. The molecule has 1 atom stereocenters. The second kappa shape index (κ2) is 4.26. The predicted molar refractivity (Wildman–Crippen MR) is 71.3 cm³/mol. The summed E-state index contributed by atoms with van der Waals surface area (Å²) in [6.07, 6.45) is 0. The second-order valence-electron chi connectivity index (χ2n) is 5.71. The molecular weight excluding hydrogens is 242 g/mol. The van der Waals surface area contributed by atoms with Gasteiger partial charge >= 0.3 is 6.01 Å². The minimum Gasteiger partial charge on any atom is -0.491 e. The Morgan fingerprint density at radius 2 is 2.00 bits per heavy atom. The van der Waals surface area contributed by atoms with Gasteiger partial charge in [0, 0.05) is 11.0 Å². The van der Waals surface area contributed by atoms with Crippen molar-refractivity contribution in [3.05, 3.63) is 35.7 Å². The second-order valence-corrected chi connectivity index (χ2v) is 5.71. The number of benzene rings is 1. The van der Waals surface area contributed by atoms with Crippen LogP contribution >= 0.6 is 0 Å². The number of ether oxygens (including phenoxy) is 1. The van der Waals surface area contributed by atoms with Crippen LogP contribution in [0.25, 0.3) is 0 Å². The molecule has 2 heterocycles. The lowest BCUT2D eigenvalue weighted by Crippen LogP contribution is -2.12. The number of fused-ring (bicyclic) bond motifs is 1. The lowest BCUT2D eigenvalue weighted by molar-refractivity contribution is 0.336. The monoisotopic (exact) mass is 259 g/mol. The Morgan fingerprint density at radius 1 is 1.21 bits per heavy atom. The largest absolute Gasteiger partial charge is 0.491 e. The highest BCUT2D eigenvalue weighted by Gasteiger charge is 2.26. The molecule has 1 aliphatic heterocycles. The van der Waals surface area contributed by atoms with Gasteiger partial charge < -0.3 is 14.5 Å². The van der Waals surface area contributed by atoms with Crippen LogP contribution in [-0.2, 0) is 5.41 Å². The molecule has 5 nitrogen and oxygen atoms in total. The van der Waals surface area contributed by atoms with Crippen LogP contribution in [0.1, 0.15) is 38.3 Å². The van der Waals surface area contributed by atoms with Gasteiger partial charge in [-0.15, -0.1) is 5.10 Å². The molecule has 0 bridgehead atoms. The first kappa shape index (κ1) is 12.0. The summed E-state index contributed by atoms with van der Waals surface area (Å²) in [7, 11) is 0. The molecule has 0 amide bonds. The molecule has 2 aromatic rings. The van der Waals surface area contributed by atoms with E-state index in [1.807, 2.05) is 45.0 Å². The van der Waals surface area contributed by atoms with Gasteiger partial charge in [0.25, 0.3) is 0 Å². The Hall–Kier alpha value is -2.04. The van der Waals surface area contributed by atoms with Gasteiger partial charge in [-0.05, 0) is 6.07 Å². The molecule has 1 aliphatic rings. The molecule has 1 N–H and O–H groups in total. The van der Waals surface area contributed by atoms with Gasteiger partial charge in [0.15, 0.2) is 0 Å². The van der Waals surface area contributed by atoms with Crippen LogP contribution in [0.4, 0.5) is 6.01 Å². The van der Waals surface area contributed by atoms with E-state index in [0.29, 0.717) is 18.5 Å². The fraction of sp³-hybridized carbons (Fsp3) is 0.429. The zero-order valence-corrected chi connectivity index (χ0v) is 11.3. The third-order valence-electron chi connectivity index (χ3n) is 3.06. The molecule has 0 spiro atoms. The van der Waals surface area contributed by atoms with E-state index in [0.717, 1.165) is 11.3 Å². The standard InChI is InChI=1S/C14H17N3O2/c1-14(2,3)12-16-17-13(19-12)15-10-8-18-11-7-5-4-6-9(10)11/h4-7,10H,8H2,1-3H3,(H,15,17). The molecule has 1 unspecified atom stereocenters. The van der Waals surface area contributed by atoms with Gasteiger partial charge in [0.2, 0.25) is 5.89 Å². The zero-order valence-electron chi connectivity index (χ0n) is 11.3. The summed E-state index contributed by atoms with van der Waals surface area (Å²) >= 11 is 0. The molecular formula is C14H17N3O2. The van der Waals surface area contributed by atoms with E-state index in [-0.39, 0.29) is 11.5 Å². The average Bonchev–Trinajstić information content (AvgIpc) is 2.97. The Morgan fingerprint density at radius 3 is 2.74 bits per heavy atom. The van der Waals surface area contributed by atoms with Crippen molar-refractivity contribution < 1.29 is 9.15 Å². The fourth-order valence-electron chi connectivity index (χ4n) is 2.02. The third kappa shape index (κ3) is 2.28. The first-order valence-electron chi connectivity index (χ1n) is 6.36. The van der Waals surface area contributed by atoms with Crippen LogP contribution in [0.3, 0.4) is 0 Å². The van der Waals surface area contributed by atoms with E-state index in [1.54, 1.807) is 0 Å². The molecule has 100 valence electrons. The summed E-state index contributed by atoms with van der Waals surface area (Å²) in [6.45, 7) is 6.70. The lowest BCUT2D eigenvalue weighted by atomic mass is 9.97. The number of aromatic nitrogens is 2. The maximum absolute atomic E-state index is 5.64. The summed E-state index contributed by atoms with van der Waals surface area (Å²) in [5, 5.41) is 11.3. The number of nitrogens with one attached hydrogen (secondary N) is 1. The van der Waals surface area contributed by atoms with Crippen LogP contribution in [-0.4, -0.2) is 16.8 Å². The van der Waals surface area contributed by atoms with Crippen LogP contribution < -0.4 is 10.1 Å². The molecule has 5 heteroatoms. The lowest BCUT2D eigenvalue weighted by Gasteiger charge is -2.12. The highest BCUT2D eigenvalue weighted by atomic mass is 16.5. The zero-order chi connectivity index (χ0) is 13.5. The molecule has 19 heavy (non-hydrogen) atoms. The summed E-state index contributed by atoms with van der Waals surface area (Å²) < 4.78 is 11.2. The van der Waals surface area contributed by atoms with E-state index in [2.05, 4.69) is 15.5 Å². The number of para-hydroxylation sites is 1. The topological polar surface area (TPSA) is 60.2 Å². The molecule has 0 fully saturated rings. The van der Waals surface area contributed by atoms with E-state index in [4.69, 9.17) is 9.15 Å². The number of nitrogens with zero attached hydrogens (tertiary/aromatic N) is 2. The molecule has 0 radical (unpaired) electrons. The van der Waals surface area contributed by atoms with E-state index in [1.165, 1.54) is 0 Å². The van der Waals surface area contributed by atoms with E-state index in [9.17, 15) is 0 Å². The average molecular weight is 259 g/mol. The maximum Gasteiger partial charge on any atom is 0.316 e. The Bertz CT molecular complexity index is 586. The van der Waals surface area contributed by atoms with Crippen molar-refractivity contribution in [2.45, 2.75) is 32.2 Å². The Kier molecular flexibility index (Phi) is 2.69. The van der Waals surface area contributed by atoms with Crippen LogP contribution in [0, 0.1) is 0 Å². The molecule has 3 rings (SSSR count). The Labute approximate surface area is 112 Å². The summed E-state index contributed by atoms with van der Waals surface area (Å²) in [5.41, 5.74) is 0.981. The van der Waals surface area contributed by atoms with Gasteiger partial charge in [0.05, 0.1) is 6.04 Å². The predicted octanol–water partition coefficient (Wildman–Crippen LogP) is 2.91. The molecule has 0 saturated heterocycles. The first-order valence-corrected chi connectivity index (χ1v) is 6.36. The number of rotatable bonds is 2. The smallest absolute Gasteiger partial charge is 0.316 e. The van der Waals surface area contributed by atoms with Crippen LogP contribution in [0.5, 0.6) is 5.75 Å². The summed E-state index contributed by atoms with van der Waals surface area (Å²) in [6, 6.07) is 8.47. The normalized spacial score (nSPS) is 17.9. The van der Waals surface area contributed by atoms with Crippen molar-refractivity contribution in [3.63, 3.8) is 0 Å². The molecule has 1 aromatic carbocycles. The highest BCUT2D eigenvalue weighted by molar-refractivity contribution is 5.43. The van der Waals surface area contributed by atoms with Crippen molar-refractivity contribution >= 4 is 6.01 Å². The molecule has 0 aliphatic carbocycles. The van der Waals surface area contributed by atoms with Crippen molar-refractivity contribution in [3.8, 4) is 5.75 Å². The van der Waals surface area contributed by atoms with Gasteiger partial charge in [-0.3, -0.25) is 0 Å². The van der Waals surface area contributed by atoms with Gasteiger partial charge in [-0.25, -0.2) is 0 Å². The first-order chi connectivity index (χ1) is 9.04. The molecule has 1 aromatic heterocycles. The van der Waals surface area contributed by atoms with Gasteiger partial charge in [-0.1, -0.05) is 44.1 Å². The van der Waals surface area contributed by atoms with E-state index < -0.39 is 0 Å². The van der Waals surface area contributed by atoms with Crippen LogP contribution in [0.2, 0.25) is 0 Å². The summed E-state index contributed by atoms with van der Waals surface area (Å²) in [5.74, 6) is 1.54. The number of anilines is 1. The minimum absolute atomic E-state index is 0.0597. The number of hydrogen-bond acceptors (Lipinski definition) is 5. The van der Waals surface area contributed by atoms with Gasteiger partial charge in [-0.2, -0.15) is 0 Å². The summed E-state index contributed by atoms with van der Waals surface area (Å²) in [4.78, 5) is 0.